The molecule has 0 bridgehead atoms. The molecule has 9 nitrogen and oxygen atoms in total. The average molecular weight is 480 g/mol. The van der Waals surface area contributed by atoms with Gasteiger partial charge in [0.05, 0.1) is 12.5 Å². The zero-order valence-corrected chi connectivity index (χ0v) is 20.6. The Kier molecular flexibility index (Phi) is 7.35. The number of aromatic nitrogens is 1. The number of carbonyl (C=O) groups is 3. The molecule has 4 rings (SSSR count). The van der Waals surface area contributed by atoms with Gasteiger partial charge in [-0.25, -0.2) is 4.98 Å². The molecule has 0 N–H and O–H groups in total. The van der Waals surface area contributed by atoms with Crippen molar-refractivity contribution in [3.05, 3.63) is 54.2 Å². The topological polar surface area (TPSA) is 86.3 Å². The van der Waals surface area contributed by atoms with Gasteiger partial charge in [-0.3, -0.25) is 19.3 Å². The van der Waals surface area contributed by atoms with Crippen LogP contribution in [-0.4, -0.2) is 97.9 Å². The second kappa shape index (κ2) is 10.4. The lowest BCUT2D eigenvalue weighted by molar-refractivity contribution is -0.142. The van der Waals surface area contributed by atoms with E-state index in [2.05, 4.69) is 9.88 Å². The predicted octanol–water partition coefficient (Wildman–Crippen LogP) is 1.39. The van der Waals surface area contributed by atoms with Gasteiger partial charge in [-0.1, -0.05) is 18.2 Å². The number of anilines is 1. The van der Waals surface area contributed by atoms with Crippen LogP contribution in [0.25, 0.3) is 0 Å². The molecular formula is C26H33N5O4. The van der Waals surface area contributed by atoms with Gasteiger partial charge in [0, 0.05) is 58.3 Å². The monoisotopic (exact) mass is 479 g/mol. The van der Waals surface area contributed by atoms with Crippen molar-refractivity contribution in [3.8, 4) is 5.75 Å². The molecule has 0 unspecified atom stereocenters. The molecule has 35 heavy (non-hydrogen) atoms. The molecule has 1 atom stereocenters. The molecule has 0 saturated carbocycles. The number of methoxy groups -OCH3 is 1. The predicted molar refractivity (Wildman–Crippen MR) is 132 cm³/mol. The van der Waals surface area contributed by atoms with E-state index in [-0.39, 0.29) is 30.6 Å². The molecule has 9 heteroatoms. The van der Waals surface area contributed by atoms with E-state index in [4.69, 9.17) is 4.74 Å². The Balaban J connectivity index is 1.55. The minimum Gasteiger partial charge on any atom is -0.497 e. The first-order valence-corrected chi connectivity index (χ1v) is 11.9. The smallest absolute Gasteiger partial charge is 0.240 e. The maximum absolute atomic E-state index is 13.8. The molecular weight excluding hydrogens is 446 g/mol. The summed E-state index contributed by atoms with van der Waals surface area (Å²) in [4.78, 5) is 51.9. The van der Waals surface area contributed by atoms with Crippen LogP contribution in [0.1, 0.15) is 18.4 Å². The molecule has 0 radical (unpaired) electrons. The first-order chi connectivity index (χ1) is 16.8. The number of pyridine rings is 1. The van der Waals surface area contributed by atoms with Gasteiger partial charge >= 0.3 is 0 Å². The third kappa shape index (κ3) is 5.14. The van der Waals surface area contributed by atoms with Gasteiger partial charge in [0.25, 0.3) is 0 Å². The van der Waals surface area contributed by atoms with E-state index in [1.807, 2.05) is 43.3 Å². The Hall–Kier alpha value is -3.46. The zero-order chi connectivity index (χ0) is 25.0. The minimum absolute atomic E-state index is 0.0218. The van der Waals surface area contributed by atoms with Crippen molar-refractivity contribution in [2.45, 2.75) is 18.3 Å². The Bertz CT molecular complexity index is 1070. The fourth-order valence-electron chi connectivity index (χ4n) is 4.81. The second-order valence-corrected chi connectivity index (χ2v) is 9.38. The van der Waals surface area contributed by atoms with Crippen LogP contribution >= 0.6 is 0 Å². The van der Waals surface area contributed by atoms with Crippen LogP contribution in [0.4, 0.5) is 5.82 Å². The third-order valence-corrected chi connectivity index (χ3v) is 6.86. The molecule has 3 amide bonds. The Morgan fingerprint density at radius 1 is 1.09 bits per heavy atom. The summed E-state index contributed by atoms with van der Waals surface area (Å²) in [5, 5.41) is 0. The number of nitrogens with zero attached hydrogens (tertiary/aromatic N) is 5. The van der Waals surface area contributed by atoms with Crippen molar-refractivity contribution in [2.24, 2.45) is 0 Å². The molecule has 2 aliphatic rings. The van der Waals surface area contributed by atoms with E-state index in [0.717, 1.165) is 5.82 Å². The first kappa shape index (κ1) is 24.7. The van der Waals surface area contributed by atoms with Crippen molar-refractivity contribution in [1.29, 1.82) is 0 Å². The van der Waals surface area contributed by atoms with Crippen LogP contribution in [0.2, 0.25) is 0 Å². The number of hydrogen-bond donors (Lipinski definition) is 0. The second-order valence-electron chi connectivity index (χ2n) is 9.38. The molecule has 0 spiro atoms. The maximum atomic E-state index is 13.8. The zero-order valence-electron chi connectivity index (χ0n) is 20.6. The van der Waals surface area contributed by atoms with E-state index in [0.29, 0.717) is 50.6 Å². The van der Waals surface area contributed by atoms with Crippen LogP contribution in [0, 0.1) is 0 Å². The maximum Gasteiger partial charge on any atom is 0.240 e. The third-order valence-electron chi connectivity index (χ3n) is 6.86. The highest BCUT2D eigenvalue weighted by Crippen LogP contribution is 2.41. The molecule has 3 heterocycles. The summed E-state index contributed by atoms with van der Waals surface area (Å²) in [5.74, 6) is 0.806. The van der Waals surface area contributed by atoms with E-state index in [1.165, 1.54) is 4.90 Å². The number of imide groups is 1. The number of rotatable bonds is 8. The lowest BCUT2D eigenvalue weighted by atomic mass is 9.75. The summed E-state index contributed by atoms with van der Waals surface area (Å²) in [7, 11) is 5.35. The van der Waals surface area contributed by atoms with Crippen molar-refractivity contribution >= 4 is 23.5 Å². The summed E-state index contributed by atoms with van der Waals surface area (Å²) in [6.07, 6.45) is 1.69. The number of likely N-dealkylation sites (tertiary alicyclic amines) is 1. The van der Waals surface area contributed by atoms with Gasteiger partial charge in [0.2, 0.25) is 17.7 Å². The van der Waals surface area contributed by atoms with Crippen LogP contribution in [0.3, 0.4) is 0 Å². The molecule has 2 aliphatic heterocycles. The summed E-state index contributed by atoms with van der Waals surface area (Å²) < 4.78 is 5.38. The summed E-state index contributed by atoms with van der Waals surface area (Å²) in [6, 6.07) is 13.0. The number of hydrogen-bond acceptors (Lipinski definition) is 7. The van der Waals surface area contributed by atoms with Gasteiger partial charge in [-0.15, -0.1) is 0 Å². The number of carbonyl (C=O) groups excluding carboxylic acids is 3. The lowest BCUT2D eigenvalue weighted by Gasteiger charge is -2.37. The van der Waals surface area contributed by atoms with E-state index < -0.39 is 5.41 Å². The van der Waals surface area contributed by atoms with Gasteiger partial charge in [-0.05, 0) is 43.9 Å². The number of likely N-dealkylation sites (N-methyl/N-ethyl adjacent to an activating group) is 1. The molecule has 0 aliphatic carbocycles. The van der Waals surface area contributed by atoms with Crippen LogP contribution < -0.4 is 9.64 Å². The van der Waals surface area contributed by atoms with E-state index >= 15 is 0 Å². The fraction of sp³-hybridized carbons (Fsp3) is 0.462. The highest BCUT2D eigenvalue weighted by atomic mass is 16.5. The van der Waals surface area contributed by atoms with Crippen molar-refractivity contribution < 1.29 is 19.1 Å². The Morgan fingerprint density at radius 3 is 2.51 bits per heavy atom. The summed E-state index contributed by atoms with van der Waals surface area (Å²) in [6.45, 7) is 3.27. The van der Waals surface area contributed by atoms with Crippen molar-refractivity contribution in [3.63, 3.8) is 0 Å². The molecule has 1 aromatic carbocycles. The standard InChI is InChI=1S/C26H33N5O4/c1-28(2)11-16-31-24(33)19-26(25(31)34,20-7-6-8-21(17-20)35-3)18-23(32)30-14-12-29(13-15-30)22-9-4-5-10-27-22/h4-10,17H,11-16,18-19H2,1-3H3/t26-/m1/s1. The number of amides is 3. The minimum atomic E-state index is -1.23. The normalized spacial score (nSPS) is 20.6. The summed E-state index contributed by atoms with van der Waals surface area (Å²) >= 11 is 0. The van der Waals surface area contributed by atoms with Crippen molar-refractivity contribution in [1.82, 2.24) is 19.7 Å². The largest absolute Gasteiger partial charge is 0.497 e. The molecule has 2 saturated heterocycles. The Labute approximate surface area is 206 Å². The quantitative estimate of drug-likeness (QED) is 0.529. The van der Waals surface area contributed by atoms with Crippen LogP contribution in [0.5, 0.6) is 5.75 Å². The van der Waals surface area contributed by atoms with Crippen LogP contribution in [-0.2, 0) is 19.8 Å². The number of benzene rings is 1. The van der Waals surface area contributed by atoms with E-state index in [1.54, 1.807) is 36.4 Å². The van der Waals surface area contributed by atoms with Crippen molar-refractivity contribution in [2.75, 3.05) is 65.4 Å². The van der Waals surface area contributed by atoms with E-state index in [9.17, 15) is 14.4 Å². The highest BCUT2D eigenvalue weighted by molar-refractivity contribution is 6.10. The SMILES string of the molecule is COc1cccc([C@@]2(CC(=O)N3CCN(c4ccccn4)CC3)CC(=O)N(CCN(C)C)C2=O)c1. The lowest BCUT2D eigenvalue weighted by Crippen LogP contribution is -2.51. The van der Waals surface area contributed by atoms with Gasteiger partial charge in [0.1, 0.15) is 11.6 Å². The molecule has 186 valence electrons. The average Bonchev–Trinajstić information content (AvgIpc) is 3.12. The van der Waals surface area contributed by atoms with Gasteiger partial charge in [-0.2, -0.15) is 0 Å². The van der Waals surface area contributed by atoms with Gasteiger partial charge in [0.15, 0.2) is 0 Å². The summed E-state index contributed by atoms with van der Waals surface area (Å²) in [5.41, 5.74) is -0.587. The molecule has 2 aromatic rings. The van der Waals surface area contributed by atoms with Gasteiger partial charge < -0.3 is 19.4 Å². The molecule has 2 fully saturated rings. The van der Waals surface area contributed by atoms with Crippen LogP contribution in [0.15, 0.2) is 48.7 Å². The number of piperazine rings is 1. The fourth-order valence-corrected chi connectivity index (χ4v) is 4.81. The first-order valence-electron chi connectivity index (χ1n) is 11.9. The highest BCUT2D eigenvalue weighted by Gasteiger charge is 2.54. The number of ether oxygens (including phenoxy) is 1. The Morgan fingerprint density at radius 2 is 1.86 bits per heavy atom. The molecule has 1 aromatic heterocycles.